The first-order valence-electron chi connectivity index (χ1n) is 9.33. The Morgan fingerprint density at radius 3 is 1.08 bits per heavy atom. The van der Waals surface area contributed by atoms with Crippen LogP contribution in [0.25, 0.3) is 0 Å². The van der Waals surface area contributed by atoms with Crippen LogP contribution < -0.4 is 11.5 Å². The van der Waals surface area contributed by atoms with Crippen molar-refractivity contribution in [3.63, 3.8) is 0 Å². The molecule has 2 rings (SSSR count). The molecular weight excluding hydrogens is 488 g/mol. The van der Waals surface area contributed by atoms with Crippen molar-refractivity contribution in [2.24, 2.45) is 11.5 Å². The summed E-state index contributed by atoms with van der Waals surface area (Å²) in [7, 11) is 0. The molecule has 36 heavy (non-hydrogen) atoms. The number of carboxylic acid groups (broad SMARTS) is 4. The highest BCUT2D eigenvalue weighted by Gasteiger charge is 2.16. The van der Waals surface area contributed by atoms with Crippen molar-refractivity contribution in [2.45, 2.75) is 25.0 Å². The molecule has 196 valence electrons. The van der Waals surface area contributed by atoms with Crippen molar-refractivity contribution in [3.8, 4) is 0 Å². The van der Waals surface area contributed by atoms with Crippen LogP contribution in [0.15, 0.2) is 49.1 Å². The molecule has 16 nitrogen and oxygen atoms in total. The third-order valence-corrected chi connectivity index (χ3v) is 3.20. The first-order chi connectivity index (χ1) is 16.7. The van der Waals surface area contributed by atoms with Crippen LogP contribution in [0, 0.1) is 0 Å². The molecule has 0 saturated carbocycles. The summed E-state index contributed by atoms with van der Waals surface area (Å²) >= 11 is 0. The fourth-order valence-electron chi connectivity index (χ4n) is 1.52. The van der Waals surface area contributed by atoms with E-state index in [-0.39, 0.29) is 0 Å². The number of hydrogen-bond acceptors (Lipinski definition) is 10. The third-order valence-electron chi connectivity index (χ3n) is 3.20. The van der Waals surface area contributed by atoms with Gasteiger partial charge in [-0.1, -0.05) is 0 Å². The minimum absolute atomic E-state index is 0.442. The molecule has 0 aliphatic rings. The second-order valence-electron chi connectivity index (χ2n) is 6.12. The SMILES string of the molecule is NC(=O)c1cccnc1.NC(=O)c1cccnc1.O=C(O)C[C@@H](O)C(=O)O.O=C(O)C[C@H](O)C(=O)O. The van der Waals surface area contributed by atoms with Gasteiger partial charge in [-0.15, -0.1) is 0 Å². The number of nitrogens with zero attached hydrogens (tertiary/aromatic N) is 2. The molecule has 0 aliphatic heterocycles. The fraction of sp³-hybridized carbons (Fsp3) is 0.200. The summed E-state index contributed by atoms with van der Waals surface area (Å²) < 4.78 is 0. The Bertz CT molecular complexity index is 921. The number of aromatic nitrogens is 2. The van der Waals surface area contributed by atoms with Gasteiger partial charge in [-0.05, 0) is 24.3 Å². The topological polar surface area (TPSA) is 302 Å². The Morgan fingerprint density at radius 2 is 0.972 bits per heavy atom. The fourth-order valence-corrected chi connectivity index (χ4v) is 1.52. The van der Waals surface area contributed by atoms with Gasteiger partial charge in [-0.3, -0.25) is 29.1 Å². The second kappa shape index (κ2) is 18.5. The second-order valence-corrected chi connectivity index (χ2v) is 6.12. The Hall–Kier alpha value is -4.96. The van der Waals surface area contributed by atoms with Crippen molar-refractivity contribution >= 4 is 35.7 Å². The molecule has 0 aromatic carbocycles. The number of aliphatic hydroxyl groups is 2. The molecule has 0 aliphatic carbocycles. The molecule has 10 N–H and O–H groups in total. The molecule has 0 spiro atoms. The van der Waals surface area contributed by atoms with Gasteiger partial charge in [0.05, 0.1) is 24.0 Å². The van der Waals surface area contributed by atoms with E-state index in [2.05, 4.69) is 9.97 Å². The summed E-state index contributed by atoms with van der Waals surface area (Å²) in [6.07, 6.45) is 0.957. The number of nitrogens with two attached hydrogens (primary N) is 2. The van der Waals surface area contributed by atoms with Gasteiger partial charge < -0.3 is 42.1 Å². The zero-order valence-corrected chi connectivity index (χ0v) is 18.4. The van der Waals surface area contributed by atoms with Crippen molar-refractivity contribution < 1.29 is 59.4 Å². The first-order valence-corrected chi connectivity index (χ1v) is 9.33. The Kier molecular flexibility index (Phi) is 17.0. The number of carbonyl (C=O) groups excluding carboxylic acids is 2. The number of rotatable bonds is 8. The van der Waals surface area contributed by atoms with E-state index in [1.165, 1.54) is 12.4 Å². The average Bonchev–Trinajstić information content (AvgIpc) is 2.80. The van der Waals surface area contributed by atoms with Crippen molar-refractivity contribution in [1.82, 2.24) is 9.97 Å². The lowest BCUT2D eigenvalue weighted by atomic mass is 10.3. The van der Waals surface area contributed by atoms with Crippen LogP contribution in [0.2, 0.25) is 0 Å². The molecule has 2 amide bonds. The maximum Gasteiger partial charge on any atom is 0.333 e. The van der Waals surface area contributed by atoms with E-state index in [0.29, 0.717) is 11.1 Å². The van der Waals surface area contributed by atoms with Crippen LogP contribution in [0.3, 0.4) is 0 Å². The van der Waals surface area contributed by atoms with Crippen molar-refractivity contribution in [1.29, 1.82) is 0 Å². The van der Waals surface area contributed by atoms with Gasteiger partial charge in [0.1, 0.15) is 0 Å². The summed E-state index contributed by atoms with van der Waals surface area (Å²) in [6, 6.07) is 6.57. The van der Waals surface area contributed by atoms with Gasteiger partial charge in [0.2, 0.25) is 11.8 Å². The van der Waals surface area contributed by atoms with E-state index in [1.54, 1.807) is 36.7 Å². The third kappa shape index (κ3) is 18.6. The van der Waals surface area contributed by atoms with E-state index in [9.17, 15) is 28.8 Å². The zero-order valence-electron chi connectivity index (χ0n) is 18.4. The molecule has 2 aromatic heterocycles. The van der Waals surface area contributed by atoms with Gasteiger partial charge in [0.25, 0.3) is 0 Å². The van der Waals surface area contributed by atoms with Crippen LogP contribution in [0.4, 0.5) is 0 Å². The Labute approximate surface area is 202 Å². The number of aliphatic hydroxyl groups excluding tert-OH is 2. The molecule has 16 heteroatoms. The maximum absolute atomic E-state index is 10.4. The molecular formula is C20H24N4O12. The standard InChI is InChI=1S/2C6H6N2O.2C4H6O5/c2*7-6(9)5-2-1-3-8-4-5;2*5-2(4(8)9)1-3(6)7/h2*1-4H,(H2,7,9);2*2,5H,1H2,(H,6,7)(H,8,9)/t;;2*2-/m..10/s1. The summed E-state index contributed by atoms with van der Waals surface area (Å²) in [5, 5.41) is 48.3. The number of aliphatic carboxylic acids is 4. The summed E-state index contributed by atoms with van der Waals surface area (Å²) in [4.78, 5) is 67.0. The van der Waals surface area contributed by atoms with Gasteiger partial charge in [-0.2, -0.15) is 0 Å². The zero-order chi connectivity index (χ0) is 28.3. The van der Waals surface area contributed by atoms with Gasteiger partial charge in [0, 0.05) is 24.8 Å². The lowest BCUT2D eigenvalue weighted by Gasteiger charge is -1.97. The van der Waals surface area contributed by atoms with E-state index in [1.807, 2.05) is 0 Å². The monoisotopic (exact) mass is 512 g/mol. The van der Waals surface area contributed by atoms with Gasteiger partial charge in [-0.25, -0.2) is 9.59 Å². The van der Waals surface area contributed by atoms with Crippen molar-refractivity contribution in [2.75, 3.05) is 0 Å². The number of hydrogen-bond donors (Lipinski definition) is 8. The van der Waals surface area contributed by atoms with Crippen molar-refractivity contribution in [3.05, 3.63) is 60.2 Å². The molecule has 2 aromatic rings. The minimum atomic E-state index is -1.79. The Balaban J connectivity index is 0. The predicted molar refractivity (Wildman–Crippen MR) is 117 cm³/mol. The maximum atomic E-state index is 10.4. The quantitative estimate of drug-likeness (QED) is 0.193. The first kappa shape index (κ1) is 33.2. The van der Waals surface area contributed by atoms with E-state index in [0.717, 1.165) is 0 Å². The van der Waals surface area contributed by atoms with Crippen LogP contribution >= 0.6 is 0 Å². The molecule has 0 radical (unpaired) electrons. The predicted octanol–water partition coefficient (Wildman–Crippen LogP) is -1.83. The normalized spacial score (nSPS) is 10.7. The molecule has 0 saturated heterocycles. The minimum Gasteiger partial charge on any atom is -0.481 e. The smallest absolute Gasteiger partial charge is 0.333 e. The number of amides is 2. The van der Waals surface area contributed by atoms with Crippen LogP contribution in [-0.2, 0) is 19.2 Å². The van der Waals surface area contributed by atoms with Gasteiger partial charge in [0.15, 0.2) is 12.2 Å². The molecule has 0 unspecified atom stereocenters. The molecule has 0 bridgehead atoms. The van der Waals surface area contributed by atoms with E-state index in [4.69, 9.17) is 42.1 Å². The van der Waals surface area contributed by atoms with E-state index >= 15 is 0 Å². The van der Waals surface area contributed by atoms with Crippen LogP contribution in [-0.4, -0.2) is 88.5 Å². The van der Waals surface area contributed by atoms with Gasteiger partial charge >= 0.3 is 23.9 Å². The summed E-state index contributed by atoms with van der Waals surface area (Å²) in [5.41, 5.74) is 10.8. The number of pyridine rings is 2. The lowest BCUT2D eigenvalue weighted by Crippen LogP contribution is -2.22. The van der Waals surface area contributed by atoms with Crippen LogP contribution in [0.5, 0.6) is 0 Å². The summed E-state index contributed by atoms with van der Waals surface area (Å²) in [5.74, 6) is -6.57. The average molecular weight is 512 g/mol. The highest BCUT2D eigenvalue weighted by atomic mass is 16.4. The Morgan fingerprint density at radius 1 is 0.667 bits per heavy atom. The van der Waals surface area contributed by atoms with E-state index < -0.39 is 60.7 Å². The van der Waals surface area contributed by atoms with Crippen LogP contribution in [0.1, 0.15) is 33.6 Å². The lowest BCUT2D eigenvalue weighted by molar-refractivity contribution is -0.153. The summed E-state index contributed by atoms with van der Waals surface area (Å²) in [6.45, 7) is 0. The molecule has 0 fully saturated rings. The number of primary amides is 2. The largest absolute Gasteiger partial charge is 0.481 e. The molecule has 2 atom stereocenters. The number of carbonyl (C=O) groups is 6. The highest BCUT2D eigenvalue weighted by molar-refractivity contribution is 5.92. The highest BCUT2D eigenvalue weighted by Crippen LogP contribution is 1.92. The molecule has 2 heterocycles. The number of carboxylic acids is 4.